The minimum Gasteiger partial charge on any atom is -0.484 e. The van der Waals surface area contributed by atoms with Crippen LogP contribution in [0.25, 0.3) is 0 Å². The van der Waals surface area contributed by atoms with Gasteiger partial charge in [-0.2, -0.15) is 13.2 Å². The van der Waals surface area contributed by atoms with Crippen LogP contribution in [-0.4, -0.2) is 54.5 Å². The number of amides is 2. The van der Waals surface area contributed by atoms with Gasteiger partial charge in [0.1, 0.15) is 11.6 Å². The number of nitrogens with one attached hydrogen (secondary N) is 1. The molecule has 1 aromatic carbocycles. The number of nitrogens with zero attached hydrogens (tertiary/aromatic N) is 3. The fourth-order valence-corrected chi connectivity index (χ4v) is 3.42. The number of pyridine rings is 1. The highest BCUT2D eigenvalue weighted by Crippen LogP contribution is 2.31. The molecule has 0 bridgehead atoms. The zero-order chi connectivity index (χ0) is 22.7. The van der Waals surface area contributed by atoms with E-state index in [1.807, 2.05) is 4.90 Å². The third-order valence-corrected chi connectivity index (χ3v) is 5.44. The minimum absolute atomic E-state index is 0.00127. The van der Waals surface area contributed by atoms with Crippen molar-refractivity contribution in [1.82, 2.24) is 9.88 Å². The summed E-state index contributed by atoms with van der Waals surface area (Å²) >= 11 is 0. The molecule has 1 N–H and O–H groups in total. The average molecular weight is 448 g/mol. The Morgan fingerprint density at radius 1 is 1.09 bits per heavy atom. The molecule has 2 heterocycles. The van der Waals surface area contributed by atoms with Crippen LogP contribution in [0.5, 0.6) is 5.75 Å². The fraction of sp³-hybridized carbons (Fsp3) is 0.409. The molecular formula is C22H23F3N4O3. The highest BCUT2D eigenvalue weighted by atomic mass is 19.4. The molecule has 32 heavy (non-hydrogen) atoms. The summed E-state index contributed by atoms with van der Waals surface area (Å²) in [5, 5.41) is 2.84. The zero-order valence-electron chi connectivity index (χ0n) is 17.3. The lowest BCUT2D eigenvalue weighted by molar-refractivity contribution is -0.138. The Balaban J connectivity index is 1.24. The summed E-state index contributed by atoms with van der Waals surface area (Å²) in [7, 11) is 0. The lowest BCUT2D eigenvalue weighted by Gasteiger charge is -2.35. The number of aromatic nitrogens is 1. The molecular weight excluding hydrogens is 425 g/mol. The highest BCUT2D eigenvalue weighted by Gasteiger charge is 2.31. The summed E-state index contributed by atoms with van der Waals surface area (Å²) in [6.07, 6.45) is -1.77. The van der Waals surface area contributed by atoms with E-state index in [-0.39, 0.29) is 24.3 Å². The number of anilines is 2. The van der Waals surface area contributed by atoms with E-state index in [0.717, 1.165) is 25.1 Å². The number of hydrogen-bond donors (Lipinski definition) is 1. The standard InChI is InChI=1S/C22H23F3N4O3/c23-22(24,25)16-6-7-19(26-13-16)28-8-10-29(11-9-28)20(30)14-32-18-3-1-2-17(12-18)27-21(31)15-4-5-15/h1-3,6-7,12-13,15H,4-5,8-11,14H2,(H,27,31). The maximum Gasteiger partial charge on any atom is 0.417 e. The quantitative estimate of drug-likeness (QED) is 0.735. The first-order valence-corrected chi connectivity index (χ1v) is 10.4. The van der Waals surface area contributed by atoms with Crippen molar-refractivity contribution in [3.8, 4) is 5.75 Å². The van der Waals surface area contributed by atoms with Crippen LogP contribution in [0.4, 0.5) is 24.7 Å². The molecule has 7 nitrogen and oxygen atoms in total. The summed E-state index contributed by atoms with van der Waals surface area (Å²) in [5.41, 5.74) is -0.159. The maximum absolute atomic E-state index is 12.7. The van der Waals surface area contributed by atoms with E-state index < -0.39 is 11.7 Å². The third-order valence-electron chi connectivity index (χ3n) is 5.44. The van der Waals surface area contributed by atoms with E-state index in [1.54, 1.807) is 29.2 Å². The molecule has 0 atom stereocenters. The molecule has 0 spiro atoms. The Morgan fingerprint density at radius 2 is 1.84 bits per heavy atom. The van der Waals surface area contributed by atoms with E-state index in [4.69, 9.17) is 4.74 Å². The average Bonchev–Trinajstić information content (AvgIpc) is 3.63. The summed E-state index contributed by atoms with van der Waals surface area (Å²) in [6, 6.07) is 9.27. The van der Waals surface area contributed by atoms with Gasteiger partial charge in [0.25, 0.3) is 5.91 Å². The van der Waals surface area contributed by atoms with Crippen molar-refractivity contribution in [2.45, 2.75) is 19.0 Å². The molecule has 2 fully saturated rings. The van der Waals surface area contributed by atoms with Crippen LogP contribution in [0, 0.1) is 5.92 Å². The normalized spacial score (nSPS) is 16.6. The Hall–Kier alpha value is -3.30. The number of rotatable bonds is 6. The van der Waals surface area contributed by atoms with Crippen molar-refractivity contribution < 1.29 is 27.5 Å². The third kappa shape index (κ3) is 5.49. The van der Waals surface area contributed by atoms with Gasteiger partial charge >= 0.3 is 6.18 Å². The molecule has 10 heteroatoms. The topological polar surface area (TPSA) is 74.8 Å². The van der Waals surface area contributed by atoms with Crippen molar-refractivity contribution in [2.75, 3.05) is 43.0 Å². The number of ether oxygens (including phenoxy) is 1. The second-order valence-electron chi connectivity index (χ2n) is 7.85. The molecule has 0 radical (unpaired) electrons. The van der Waals surface area contributed by atoms with Gasteiger partial charge in [-0.15, -0.1) is 0 Å². The molecule has 1 aliphatic heterocycles. The predicted octanol–water partition coefficient (Wildman–Crippen LogP) is 3.18. The van der Waals surface area contributed by atoms with Crippen molar-refractivity contribution in [1.29, 1.82) is 0 Å². The van der Waals surface area contributed by atoms with Crippen LogP contribution in [0.15, 0.2) is 42.6 Å². The van der Waals surface area contributed by atoms with Crippen molar-refractivity contribution in [3.05, 3.63) is 48.2 Å². The summed E-state index contributed by atoms with van der Waals surface area (Å²) < 4.78 is 43.6. The Kier molecular flexibility index (Phi) is 6.20. The van der Waals surface area contributed by atoms with Gasteiger partial charge in [0.05, 0.1) is 5.56 Å². The Labute approximate surface area is 183 Å². The molecule has 1 saturated carbocycles. The van der Waals surface area contributed by atoms with Gasteiger partial charge < -0.3 is 19.9 Å². The van der Waals surface area contributed by atoms with Crippen LogP contribution < -0.4 is 15.0 Å². The van der Waals surface area contributed by atoms with Gasteiger partial charge in [0, 0.05) is 50.0 Å². The number of carbonyl (C=O) groups excluding carboxylic acids is 2. The monoisotopic (exact) mass is 448 g/mol. The predicted molar refractivity (Wildman–Crippen MR) is 111 cm³/mol. The van der Waals surface area contributed by atoms with Gasteiger partial charge in [-0.05, 0) is 37.1 Å². The number of alkyl halides is 3. The van der Waals surface area contributed by atoms with Crippen molar-refractivity contribution in [2.24, 2.45) is 5.92 Å². The summed E-state index contributed by atoms with van der Waals surface area (Å²) in [4.78, 5) is 31.8. The van der Waals surface area contributed by atoms with Gasteiger partial charge in [0.15, 0.2) is 6.61 Å². The second-order valence-corrected chi connectivity index (χ2v) is 7.85. The smallest absolute Gasteiger partial charge is 0.417 e. The fourth-order valence-electron chi connectivity index (χ4n) is 3.42. The number of benzene rings is 1. The number of hydrogen-bond acceptors (Lipinski definition) is 5. The minimum atomic E-state index is -4.42. The lowest BCUT2D eigenvalue weighted by Crippen LogP contribution is -2.50. The van der Waals surface area contributed by atoms with Gasteiger partial charge in [-0.25, -0.2) is 4.98 Å². The Morgan fingerprint density at radius 3 is 2.47 bits per heavy atom. The first-order chi connectivity index (χ1) is 15.3. The van der Waals surface area contributed by atoms with Crippen molar-refractivity contribution in [3.63, 3.8) is 0 Å². The van der Waals surface area contributed by atoms with Gasteiger partial charge in [-0.1, -0.05) is 6.07 Å². The van der Waals surface area contributed by atoms with E-state index >= 15 is 0 Å². The molecule has 4 rings (SSSR count). The van der Waals surface area contributed by atoms with E-state index in [0.29, 0.717) is 43.4 Å². The number of carbonyl (C=O) groups is 2. The summed E-state index contributed by atoms with van der Waals surface area (Å²) in [6.45, 7) is 1.63. The first-order valence-electron chi connectivity index (χ1n) is 10.4. The molecule has 1 aromatic heterocycles. The maximum atomic E-state index is 12.7. The van der Waals surface area contributed by atoms with Crippen LogP contribution in [0.3, 0.4) is 0 Å². The summed E-state index contributed by atoms with van der Waals surface area (Å²) in [5.74, 6) is 0.847. The molecule has 2 aliphatic rings. The molecule has 2 aromatic rings. The molecule has 0 unspecified atom stereocenters. The van der Waals surface area contributed by atoms with Crippen LogP contribution in [0.2, 0.25) is 0 Å². The highest BCUT2D eigenvalue weighted by molar-refractivity contribution is 5.94. The number of halogens is 3. The van der Waals surface area contributed by atoms with Crippen molar-refractivity contribution >= 4 is 23.3 Å². The molecule has 1 aliphatic carbocycles. The number of piperazine rings is 1. The zero-order valence-corrected chi connectivity index (χ0v) is 17.3. The van der Waals surface area contributed by atoms with Crippen LogP contribution in [-0.2, 0) is 15.8 Å². The molecule has 2 amide bonds. The van der Waals surface area contributed by atoms with E-state index in [2.05, 4.69) is 10.3 Å². The van der Waals surface area contributed by atoms with Gasteiger partial charge in [0.2, 0.25) is 5.91 Å². The van der Waals surface area contributed by atoms with Crippen LogP contribution in [0.1, 0.15) is 18.4 Å². The SMILES string of the molecule is O=C(Nc1cccc(OCC(=O)N2CCN(c3ccc(C(F)(F)F)cn3)CC2)c1)C1CC1. The second kappa shape index (κ2) is 9.05. The molecule has 170 valence electrons. The van der Waals surface area contributed by atoms with Crippen LogP contribution >= 0.6 is 0 Å². The largest absolute Gasteiger partial charge is 0.484 e. The molecule has 1 saturated heterocycles. The lowest BCUT2D eigenvalue weighted by atomic mass is 10.2. The van der Waals surface area contributed by atoms with E-state index in [1.165, 1.54) is 6.07 Å². The van der Waals surface area contributed by atoms with Gasteiger partial charge in [-0.3, -0.25) is 9.59 Å². The first kappa shape index (κ1) is 21.9. The van der Waals surface area contributed by atoms with E-state index in [9.17, 15) is 22.8 Å². The Bertz CT molecular complexity index is 969.